The smallest absolute Gasteiger partial charge is 0.403 e. The predicted molar refractivity (Wildman–Crippen MR) is 47.1 cm³/mol. The van der Waals surface area contributed by atoms with E-state index >= 15 is 0 Å². The fraction of sp³-hybridized carbons (Fsp3) is 0.375. The van der Waals surface area contributed by atoms with Gasteiger partial charge >= 0.3 is 6.36 Å². The molecule has 0 aliphatic rings. The maximum atomic E-state index is 12.4. The van der Waals surface area contributed by atoms with E-state index in [-0.39, 0.29) is 5.69 Å². The number of aromatic nitrogens is 1. The van der Waals surface area contributed by atoms with Crippen LogP contribution in [0.5, 0.6) is 5.75 Å². The monoisotopic (exact) mass is 254 g/mol. The highest BCUT2D eigenvalue weighted by Crippen LogP contribution is 2.30. The highest BCUT2D eigenvalue weighted by molar-refractivity contribution is 5.44. The molecule has 0 saturated carbocycles. The average Bonchev–Trinajstić information content (AvgIpc) is 2.17. The number of aryl methyl sites for hydroxylation is 1. The summed E-state index contributed by atoms with van der Waals surface area (Å²) in [6.07, 6.45) is -5.06. The lowest BCUT2D eigenvalue weighted by atomic mass is 10.2. The van der Waals surface area contributed by atoms with Crippen molar-refractivity contribution in [3.8, 4) is 5.75 Å². The Hall–Kier alpha value is -1.93. The Balaban J connectivity index is 3.26. The van der Waals surface area contributed by atoms with E-state index in [0.717, 1.165) is 0 Å². The van der Waals surface area contributed by atoms with Crippen LogP contribution in [0.15, 0.2) is 6.07 Å². The minimum atomic E-state index is -5.06. The molecule has 9 heteroatoms. The van der Waals surface area contributed by atoms with Gasteiger partial charge in [-0.1, -0.05) is 0 Å². The fourth-order valence-corrected chi connectivity index (χ4v) is 1.12. The van der Waals surface area contributed by atoms with E-state index in [1.54, 1.807) is 0 Å². The summed E-state index contributed by atoms with van der Waals surface area (Å²) in [5.74, 6) is -1.00. The zero-order valence-electron chi connectivity index (χ0n) is 8.42. The van der Waals surface area contributed by atoms with Gasteiger partial charge in [0.05, 0.1) is 11.0 Å². The third kappa shape index (κ3) is 3.26. The SMILES string of the molecule is Cc1nc(CF)c(OC(F)(F)F)cc1[N+](=O)[O-]. The predicted octanol–water partition coefficient (Wildman–Crippen LogP) is 2.67. The summed E-state index contributed by atoms with van der Waals surface area (Å²) in [7, 11) is 0. The molecule has 1 heterocycles. The highest BCUT2D eigenvalue weighted by Gasteiger charge is 2.33. The second-order valence-corrected chi connectivity index (χ2v) is 2.98. The van der Waals surface area contributed by atoms with Crippen LogP contribution in [-0.4, -0.2) is 16.3 Å². The average molecular weight is 254 g/mol. The summed E-state index contributed by atoms with van der Waals surface area (Å²) in [5, 5.41) is 10.5. The molecule has 0 aliphatic carbocycles. The van der Waals surface area contributed by atoms with E-state index in [9.17, 15) is 27.7 Å². The van der Waals surface area contributed by atoms with Crippen LogP contribution in [0.3, 0.4) is 0 Å². The van der Waals surface area contributed by atoms with E-state index in [0.29, 0.717) is 6.07 Å². The van der Waals surface area contributed by atoms with E-state index in [1.807, 2.05) is 0 Å². The summed E-state index contributed by atoms with van der Waals surface area (Å²) in [6, 6.07) is 0.505. The van der Waals surface area contributed by atoms with Gasteiger partial charge in [0.1, 0.15) is 18.1 Å². The van der Waals surface area contributed by atoms with Crippen molar-refractivity contribution in [2.24, 2.45) is 0 Å². The Morgan fingerprint density at radius 2 is 2.12 bits per heavy atom. The van der Waals surface area contributed by atoms with Crippen LogP contribution in [-0.2, 0) is 6.67 Å². The number of rotatable bonds is 3. The lowest BCUT2D eigenvalue weighted by Gasteiger charge is -2.11. The Labute approximate surface area is 92.2 Å². The van der Waals surface area contributed by atoms with Gasteiger partial charge in [-0.25, -0.2) is 9.37 Å². The molecule has 0 atom stereocenters. The van der Waals surface area contributed by atoms with Crippen LogP contribution in [0.4, 0.5) is 23.2 Å². The van der Waals surface area contributed by atoms with Crippen LogP contribution in [0.1, 0.15) is 11.4 Å². The number of alkyl halides is 4. The first kappa shape index (κ1) is 13.1. The highest BCUT2D eigenvalue weighted by atomic mass is 19.4. The van der Waals surface area contributed by atoms with Crippen molar-refractivity contribution in [3.05, 3.63) is 27.6 Å². The van der Waals surface area contributed by atoms with Crippen molar-refractivity contribution in [2.45, 2.75) is 20.0 Å². The molecule has 17 heavy (non-hydrogen) atoms. The van der Waals surface area contributed by atoms with Crippen molar-refractivity contribution in [1.29, 1.82) is 0 Å². The van der Waals surface area contributed by atoms with Crippen molar-refractivity contribution in [1.82, 2.24) is 4.98 Å². The quantitative estimate of drug-likeness (QED) is 0.472. The first-order valence-corrected chi connectivity index (χ1v) is 4.21. The second-order valence-electron chi connectivity index (χ2n) is 2.98. The summed E-state index contributed by atoms with van der Waals surface area (Å²) in [5.41, 5.74) is -1.48. The van der Waals surface area contributed by atoms with Gasteiger partial charge in [-0.05, 0) is 6.92 Å². The van der Waals surface area contributed by atoms with E-state index in [1.165, 1.54) is 6.92 Å². The maximum Gasteiger partial charge on any atom is 0.573 e. The molecule has 0 amide bonds. The summed E-state index contributed by atoms with van der Waals surface area (Å²) in [6.45, 7) is -0.126. The van der Waals surface area contributed by atoms with E-state index < -0.39 is 35.1 Å². The van der Waals surface area contributed by atoms with Crippen molar-refractivity contribution >= 4 is 5.69 Å². The first-order valence-electron chi connectivity index (χ1n) is 4.21. The molecule has 0 bridgehead atoms. The van der Waals surface area contributed by atoms with Gasteiger partial charge in [0.25, 0.3) is 5.69 Å². The van der Waals surface area contributed by atoms with Crippen molar-refractivity contribution in [2.75, 3.05) is 0 Å². The lowest BCUT2D eigenvalue weighted by molar-refractivity contribution is -0.386. The molecule has 1 aromatic rings. The Morgan fingerprint density at radius 1 is 1.53 bits per heavy atom. The first-order chi connectivity index (χ1) is 7.74. The Kier molecular flexibility index (Phi) is 3.49. The van der Waals surface area contributed by atoms with Gasteiger partial charge in [0.15, 0.2) is 5.75 Å². The van der Waals surface area contributed by atoms with Crippen LogP contribution in [0, 0.1) is 17.0 Å². The number of nitro groups is 1. The lowest BCUT2D eigenvalue weighted by Crippen LogP contribution is -2.18. The molecule has 0 fully saturated rings. The van der Waals surface area contributed by atoms with E-state index in [4.69, 9.17) is 0 Å². The molecule has 0 aliphatic heterocycles. The van der Waals surface area contributed by atoms with E-state index in [2.05, 4.69) is 9.72 Å². The number of hydrogen-bond acceptors (Lipinski definition) is 4. The second kappa shape index (κ2) is 4.52. The molecule has 0 N–H and O–H groups in total. The molecule has 5 nitrogen and oxygen atoms in total. The third-order valence-electron chi connectivity index (χ3n) is 1.77. The zero-order chi connectivity index (χ0) is 13.2. The number of ether oxygens (including phenoxy) is 1. The van der Waals surface area contributed by atoms with Crippen LogP contribution in [0.2, 0.25) is 0 Å². The van der Waals surface area contributed by atoms with Crippen molar-refractivity contribution < 1.29 is 27.2 Å². The van der Waals surface area contributed by atoms with Gasteiger partial charge < -0.3 is 4.74 Å². The summed E-state index contributed by atoms with van der Waals surface area (Å²) in [4.78, 5) is 12.9. The van der Waals surface area contributed by atoms with Crippen LogP contribution in [0.25, 0.3) is 0 Å². The van der Waals surface area contributed by atoms with Gasteiger partial charge in [-0.15, -0.1) is 13.2 Å². The van der Waals surface area contributed by atoms with Crippen molar-refractivity contribution in [3.63, 3.8) is 0 Å². The number of halogens is 4. The van der Waals surface area contributed by atoms with Gasteiger partial charge in [0, 0.05) is 0 Å². The minimum Gasteiger partial charge on any atom is -0.403 e. The molecule has 0 saturated heterocycles. The Bertz CT molecular complexity index is 447. The number of pyridine rings is 1. The normalized spacial score (nSPS) is 11.4. The summed E-state index contributed by atoms with van der Waals surface area (Å²) < 4.78 is 51.7. The topological polar surface area (TPSA) is 65.3 Å². The van der Waals surface area contributed by atoms with Crippen LogP contribution < -0.4 is 4.74 Å². The third-order valence-corrected chi connectivity index (χ3v) is 1.77. The van der Waals surface area contributed by atoms with Crippen LogP contribution >= 0.6 is 0 Å². The molecule has 94 valence electrons. The summed E-state index contributed by atoms with van der Waals surface area (Å²) >= 11 is 0. The zero-order valence-corrected chi connectivity index (χ0v) is 8.42. The van der Waals surface area contributed by atoms with Gasteiger partial charge in [-0.2, -0.15) is 0 Å². The largest absolute Gasteiger partial charge is 0.573 e. The molecular weight excluding hydrogens is 248 g/mol. The van der Waals surface area contributed by atoms with Gasteiger partial charge in [-0.3, -0.25) is 10.1 Å². The molecule has 0 spiro atoms. The minimum absolute atomic E-state index is 0.183. The maximum absolute atomic E-state index is 12.4. The van der Waals surface area contributed by atoms with Gasteiger partial charge in [0.2, 0.25) is 0 Å². The molecule has 0 aromatic carbocycles. The standard InChI is InChI=1S/C8H6F4N2O3/c1-4-6(14(15)16)2-7(5(3-9)13-4)17-8(10,11)12/h2H,3H2,1H3. The number of hydrogen-bond donors (Lipinski definition) is 0. The Morgan fingerprint density at radius 3 is 2.53 bits per heavy atom. The fourth-order valence-electron chi connectivity index (χ4n) is 1.12. The molecule has 0 unspecified atom stereocenters. The molecule has 1 rings (SSSR count). The molecular formula is C8H6F4N2O3. The molecule has 1 aromatic heterocycles. The number of nitrogens with zero attached hydrogens (tertiary/aromatic N) is 2. The molecule has 0 radical (unpaired) electrons.